The number of aliphatic imine (C=N–C) groups is 1. The van der Waals surface area contributed by atoms with Crippen molar-refractivity contribution in [2.45, 2.75) is 38.3 Å². The molecule has 2 heterocycles. The van der Waals surface area contributed by atoms with Gasteiger partial charge >= 0.3 is 0 Å². The maximum absolute atomic E-state index is 11.5. The van der Waals surface area contributed by atoms with E-state index in [1.54, 1.807) is 7.05 Å². The molecule has 0 aliphatic carbocycles. The lowest BCUT2D eigenvalue weighted by atomic mass is 9.88. The minimum atomic E-state index is -3.26. The lowest BCUT2D eigenvalue weighted by Gasteiger charge is -2.39. The highest BCUT2D eigenvalue weighted by atomic mass is 32.2. The van der Waals surface area contributed by atoms with Gasteiger partial charge in [-0.25, -0.2) is 13.1 Å². The summed E-state index contributed by atoms with van der Waals surface area (Å²) < 4.78 is 25.6. The predicted molar refractivity (Wildman–Crippen MR) is 114 cm³/mol. The van der Waals surface area contributed by atoms with E-state index in [4.69, 9.17) is 0 Å². The maximum atomic E-state index is 11.5. The summed E-state index contributed by atoms with van der Waals surface area (Å²) in [5.41, 5.74) is -0.601. The Morgan fingerprint density at radius 2 is 2.15 bits per heavy atom. The van der Waals surface area contributed by atoms with Crippen molar-refractivity contribution in [2.75, 3.05) is 40.0 Å². The molecular formula is C18H33N5O2S2. The van der Waals surface area contributed by atoms with Crippen molar-refractivity contribution in [3.8, 4) is 0 Å². The molecule has 9 heteroatoms. The molecule has 0 saturated carbocycles. The first-order chi connectivity index (χ1) is 12.6. The largest absolute Gasteiger partial charge is 0.356 e. The molecule has 0 amide bonds. The van der Waals surface area contributed by atoms with Gasteiger partial charge in [-0.2, -0.15) is 0 Å². The van der Waals surface area contributed by atoms with E-state index >= 15 is 0 Å². The first kappa shape index (κ1) is 22.1. The number of sulfonamides is 1. The topological polar surface area (TPSA) is 85.8 Å². The molecular weight excluding hydrogens is 382 g/mol. The molecule has 0 aromatic carbocycles. The van der Waals surface area contributed by atoms with Crippen LogP contribution >= 0.6 is 11.3 Å². The third-order valence-electron chi connectivity index (χ3n) is 4.76. The van der Waals surface area contributed by atoms with Gasteiger partial charge in [0.15, 0.2) is 5.96 Å². The summed E-state index contributed by atoms with van der Waals surface area (Å²) in [4.78, 5) is 8.13. The molecule has 7 nitrogen and oxygen atoms in total. The van der Waals surface area contributed by atoms with E-state index < -0.39 is 15.6 Å². The zero-order valence-corrected chi connectivity index (χ0v) is 18.6. The molecule has 1 aliphatic rings. The number of guanidine groups is 1. The molecule has 1 aliphatic heterocycles. The van der Waals surface area contributed by atoms with Crippen LogP contribution in [0.4, 0.5) is 0 Å². The van der Waals surface area contributed by atoms with Crippen LogP contribution in [0.25, 0.3) is 0 Å². The van der Waals surface area contributed by atoms with E-state index in [9.17, 15) is 8.42 Å². The Bertz CT molecular complexity index is 716. The molecule has 154 valence electrons. The van der Waals surface area contributed by atoms with Crippen LogP contribution in [0, 0.1) is 5.92 Å². The number of nitrogens with zero attached hydrogens (tertiary/aromatic N) is 2. The highest BCUT2D eigenvalue weighted by molar-refractivity contribution is 7.88. The van der Waals surface area contributed by atoms with Crippen LogP contribution in [-0.2, 0) is 10.0 Å². The molecule has 1 aromatic rings. The van der Waals surface area contributed by atoms with E-state index in [0.29, 0.717) is 24.5 Å². The van der Waals surface area contributed by atoms with Crippen molar-refractivity contribution in [1.82, 2.24) is 20.3 Å². The van der Waals surface area contributed by atoms with Crippen LogP contribution < -0.4 is 15.4 Å². The van der Waals surface area contributed by atoms with Gasteiger partial charge in [0.1, 0.15) is 0 Å². The van der Waals surface area contributed by atoms with Crippen LogP contribution in [-0.4, -0.2) is 64.8 Å². The predicted octanol–water partition coefficient (Wildman–Crippen LogP) is 1.62. The lowest BCUT2D eigenvalue weighted by Crippen LogP contribution is -2.53. The highest BCUT2D eigenvalue weighted by Crippen LogP contribution is 2.36. The van der Waals surface area contributed by atoms with Crippen molar-refractivity contribution in [3.63, 3.8) is 0 Å². The monoisotopic (exact) mass is 415 g/mol. The number of rotatable bonds is 7. The Labute approximate surface area is 167 Å². The Morgan fingerprint density at radius 1 is 1.41 bits per heavy atom. The van der Waals surface area contributed by atoms with Crippen molar-refractivity contribution in [1.29, 1.82) is 0 Å². The smallest absolute Gasteiger partial charge is 0.209 e. The van der Waals surface area contributed by atoms with Crippen LogP contribution in [0.2, 0.25) is 0 Å². The van der Waals surface area contributed by atoms with Crippen LogP contribution in [0.3, 0.4) is 0 Å². The van der Waals surface area contributed by atoms with Gasteiger partial charge in [0.05, 0.1) is 6.26 Å². The summed E-state index contributed by atoms with van der Waals surface area (Å²) >= 11 is 1.82. The molecule has 27 heavy (non-hydrogen) atoms. The Kier molecular flexibility index (Phi) is 7.67. The number of hydrogen-bond acceptors (Lipinski definition) is 5. The average Bonchev–Trinajstić information content (AvgIpc) is 3.06. The fourth-order valence-electron chi connectivity index (χ4n) is 3.67. The molecule has 2 rings (SSSR count). The quantitative estimate of drug-likeness (QED) is 0.465. The minimum absolute atomic E-state index is 0.424. The second-order valence-electron chi connectivity index (χ2n) is 7.91. The molecule has 3 N–H and O–H groups in total. The number of piperidine rings is 1. The molecule has 0 radical (unpaired) electrons. The maximum Gasteiger partial charge on any atom is 0.209 e. The van der Waals surface area contributed by atoms with Gasteiger partial charge in [0.2, 0.25) is 10.0 Å². The molecule has 2 atom stereocenters. The standard InChI is InChI=1S/C18H33N5O2S2/c1-18(2,22-27(5,24)25)13-21-17(19-3)20-12-14-8-6-10-23(4)16(14)15-9-7-11-26-15/h7,9,11,14,16,22H,6,8,10,12-13H2,1-5H3,(H2,19,20,21). The lowest BCUT2D eigenvalue weighted by molar-refractivity contribution is 0.125. The zero-order valence-electron chi connectivity index (χ0n) is 16.9. The SMILES string of the molecule is CN=C(NCC1CCCN(C)C1c1cccs1)NCC(C)(C)NS(C)(=O)=O. The molecule has 0 bridgehead atoms. The van der Waals surface area contributed by atoms with Crippen molar-refractivity contribution in [3.05, 3.63) is 22.4 Å². The molecule has 2 unspecified atom stereocenters. The van der Waals surface area contributed by atoms with E-state index in [-0.39, 0.29) is 0 Å². The Morgan fingerprint density at radius 3 is 2.74 bits per heavy atom. The van der Waals surface area contributed by atoms with E-state index in [2.05, 4.69) is 49.8 Å². The minimum Gasteiger partial charge on any atom is -0.356 e. The van der Waals surface area contributed by atoms with Crippen LogP contribution in [0.1, 0.15) is 37.6 Å². The normalized spacial score (nSPS) is 22.6. The first-order valence-corrected chi connectivity index (χ1v) is 12.1. The molecule has 0 spiro atoms. The van der Waals surface area contributed by atoms with Gasteiger partial charge in [-0.3, -0.25) is 9.89 Å². The number of thiophene rings is 1. The van der Waals surface area contributed by atoms with Gasteiger partial charge in [0.25, 0.3) is 0 Å². The van der Waals surface area contributed by atoms with E-state index in [0.717, 1.165) is 13.1 Å². The number of hydrogen-bond donors (Lipinski definition) is 3. The van der Waals surface area contributed by atoms with Crippen LogP contribution in [0.5, 0.6) is 0 Å². The highest BCUT2D eigenvalue weighted by Gasteiger charge is 2.31. The van der Waals surface area contributed by atoms with Gasteiger partial charge in [0, 0.05) is 36.6 Å². The van der Waals surface area contributed by atoms with Gasteiger partial charge in [-0.15, -0.1) is 11.3 Å². The number of nitrogens with one attached hydrogen (secondary N) is 3. The summed E-state index contributed by atoms with van der Waals surface area (Å²) in [6.07, 6.45) is 3.55. The summed E-state index contributed by atoms with van der Waals surface area (Å²) in [6.45, 7) is 6.08. The first-order valence-electron chi connectivity index (χ1n) is 9.28. The average molecular weight is 416 g/mol. The van der Waals surface area contributed by atoms with Gasteiger partial charge in [-0.1, -0.05) is 6.07 Å². The van der Waals surface area contributed by atoms with Crippen molar-refractivity contribution >= 4 is 27.3 Å². The van der Waals surface area contributed by atoms with Gasteiger partial charge < -0.3 is 10.6 Å². The Balaban J connectivity index is 1.92. The third kappa shape index (κ3) is 7.06. The van der Waals surface area contributed by atoms with Crippen molar-refractivity contribution in [2.24, 2.45) is 10.9 Å². The van der Waals surface area contributed by atoms with E-state index in [1.807, 2.05) is 25.2 Å². The molecule has 1 saturated heterocycles. The molecule has 1 aromatic heterocycles. The van der Waals surface area contributed by atoms with E-state index in [1.165, 1.54) is 24.0 Å². The Hall–Kier alpha value is -1.16. The van der Waals surface area contributed by atoms with Crippen molar-refractivity contribution < 1.29 is 8.42 Å². The summed E-state index contributed by atoms with van der Waals surface area (Å²) in [5, 5.41) is 8.80. The fraction of sp³-hybridized carbons (Fsp3) is 0.722. The number of likely N-dealkylation sites (tertiary alicyclic amines) is 1. The third-order valence-corrected chi connectivity index (χ3v) is 6.62. The van der Waals surface area contributed by atoms with Crippen LogP contribution in [0.15, 0.2) is 22.5 Å². The zero-order chi connectivity index (χ0) is 20.1. The molecule has 1 fully saturated rings. The summed E-state index contributed by atoms with van der Waals surface area (Å²) in [6, 6.07) is 4.76. The second-order valence-corrected chi connectivity index (χ2v) is 10.6. The summed E-state index contributed by atoms with van der Waals surface area (Å²) in [5.74, 6) is 1.19. The van der Waals surface area contributed by atoms with Gasteiger partial charge in [-0.05, 0) is 57.6 Å². The second kappa shape index (κ2) is 9.36. The summed E-state index contributed by atoms with van der Waals surface area (Å²) in [7, 11) is 0.671. The fourth-order valence-corrected chi connectivity index (χ4v) is 5.73.